The third-order valence-electron chi connectivity index (χ3n) is 4.96. The standard InChI is InChI=1S/C22H22N6O4S/c1-33(31,32)17-8-4-15(5-9-17)20(24)19(21(25)29)18-13-28(11-10-26-18)22(30)27-16-6-2-14(12-23)3-7-16/h2-9H,10-11,13,24H2,1H3,(H2,25,29)(H,27,30). The Bertz CT molecular complexity index is 1290. The molecule has 0 spiro atoms. The van der Waals surface area contributed by atoms with Gasteiger partial charge in [-0.15, -0.1) is 0 Å². The van der Waals surface area contributed by atoms with Gasteiger partial charge in [-0.1, -0.05) is 12.1 Å². The summed E-state index contributed by atoms with van der Waals surface area (Å²) >= 11 is 0. The van der Waals surface area contributed by atoms with Gasteiger partial charge in [-0.2, -0.15) is 5.26 Å². The molecule has 3 rings (SSSR count). The van der Waals surface area contributed by atoms with Gasteiger partial charge in [0.05, 0.1) is 46.6 Å². The van der Waals surface area contributed by atoms with Crippen LogP contribution < -0.4 is 16.8 Å². The maximum atomic E-state index is 12.7. The van der Waals surface area contributed by atoms with Crippen LogP contribution in [0.4, 0.5) is 10.5 Å². The van der Waals surface area contributed by atoms with Crippen molar-refractivity contribution in [2.75, 3.05) is 31.2 Å². The third kappa shape index (κ3) is 5.55. The number of nitriles is 1. The van der Waals surface area contributed by atoms with Crippen molar-refractivity contribution in [2.24, 2.45) is 16.5 Å². The van der Waals surface area contributed by atoms with Crippen molar-refractivity contribution in [3.63, 3.8) is 0 Å². The van der Waals surface area contributed by atoms with Gasteiger partial charge < -0.3 is 21.7 Å². The van der Waals surface area contributed by atoms with Gasteiger partial charge >= 0.3 is 6.03 Å². The molecular formula is C22H22N6O4S. The zero-order valence-corrected chi connectivity index (χ0v) is 18.6. The number of primary amides is 1. The van der Waals surface area contributed by atoms with E-state index in [0.717, 1.165) is 6.26 Å². The number of nitrogens with two attached hydrogens (primary N) is 2. The highest BCUT2D eigenvalue weighted by Gasteiger charge is 2.26. The van der Waals surface area contributed by atoms with Gasteiger partial charge in [0.2, 0.25) is 0 Å². The number of nitrogens with zero attached hydrogens (tertiary/aromatic N) is 3. The van der Waals surface area contributed by atoms with E-state index in [9.17, 15) is 18.0 Å². The number of carbonyl (C=O) groups is 2. The fourth-order valence-corrected chi connectivity index (χ4v) is 3.86. The van der Waals surface area contributed by atoms with E-state index in [-0.39, 0.29) is 35.0 Å². The fourth-order valence-electron chi connectivity index (χ4n) is 3.23. The predicted molar refractivity (Wildman–Crippen MR) is 124 cm³/mol. The number of amides is 3. The summed E-state index contributed by atoms with van der Waals surface area (Å²) in [4.78, 5) is 30.8. The molecule has 33 heavy (non-hydrogen) atoms. The molecule has 11 heteroatoms. The molecule has 0 fully saturated rings. The van der Waals surface area contributed by atoms with E-state index in [1.165, 1.54) is 29.2 Å². The predicted octanol–water partition coefficient (Wildman–Crippen LogP) is 1.11. The minimum Gasteiger partial charge on any atom is -0.398 e. The van der Waals surface area contributed by atoms with Crippen molar-refractivity contribution in [3.8, 4) is 6.07 Å². The van der Waals surface area contributed by atoms with Gasteiger partial charge in [0.1, 0.15) is 0 Å². The maximum absolute atomic E-state index is 12.7. The first-order chi connectivity index (χ1) is 15.6. The highest BCUT2D eigenvalue weighted by Crippen LogP contribution is 2.20. The van der Waals surface area contributed by atoms with E-state index >= 15 is 0 Å². The summed E-state index contributed by atoms with van der Waals surface area (Å²) in [5, 5.41) is 11.6. The smallest absolute Gasteiger partial charge is 0.322 e. The molecule has 2 aromatic carbocycles. The molecule has 0 saturated heterocycles. The monoisotopic (exact) mass is 466 g/mol. The van der Waals surface area contributed by atoms with Gasteiger partial charge in [-0.3, -0.25) is 9.79 Å². The molecule has 0 aromatic heterocycles. The Hall–Kier alpha value is -4.17. The van der Waals surface area contributed by atoms with Gasteiger partial charge in [0.25, 0.3) is 5.91 Å². The van der Waals surface area contributed by atoms with Crippen LogP contribution >= 0.6 is 0 Å². The quantitative estimate of drug-likeness (QED) is 0.557. The van der Waals surface area contributed by atoms with Crippen LogP contribution in [0.1, 0.15) is 11.1 Å². The van der Waals surface area contributed by atoms with Crippen molar-refractivity contribution in [1.82, 2.24) is 4.90 Å². The molecule has 1 aliphatic rings. The highest BCUT2D eigenvalue weighted by molar-refractivity contribution is 7.90. The minimum atomic E-state index is -3.39. The average Bonchev–Trinajstić information content (AvgIpc) is 2.79. The Kier molecular flexibility index (Phi) is 6.79. The van der Waals surface area contributed by atoms with Crippen LogP contribution in [0.25, 0.3) is 5.70 Å². The average molecular weight is 467 g/mol. The second kappa shape index (κ2) is 9.54. The Balaban J connectivity index is 1.83. The van der Waals surface area contributed by atoms with Gasteiger partial charge in [0, 0.05) is 18.5 Å². The van der Waals surface area contributed by atoms with E-state index in [1.807, 2.05) is 6.07 Å². The van der Waals surface area contributed by atoms with Crippen LogP contribution in [-0.4, -0.2) is 56.9 Å². The Labute approximate surface area is 191 Å². The number of hydrogen-bond donors (Lipinski definition) is 3. The van der Waals surface area contributed by atoms with Crippen LogP contribution in [0.5, 0.6) is 0 Å². The first-order valence-electron chi connectivity index (χ1n) is 9.80. The molecule has 170 valence electrons. The molecule has 1 heterocycles. The van der Waals surface area contributed by atoms with E-state index in [1.54, 1.807) is 24.3 Å². The molecule has 0 atom stereocenters. The fraction of sp³-hybridized carbons (Fsp3) is 0.182. The number of nitrogens with one attached hydrogen (secondary N) is 1. The molecule has 5 N–H and O–H groups in total. The van der Waals surface area contributed by atoms with Crippen LogP contribution in [0.15, 0.2) is 64.0 Å². The minimum absolute atomic E-state index is 0.00249. The van der Waals surface area contributed by atoms with Gasteiger partial charge in [-0.05, 0) is 42.0 Å². The Morgan fingerprint density at radius 2 is 1.73 bits per heavy atom. The lowest BCUT2D eigenvalue weighted by Gasteiger charge is -2.27. The number of hydrogen-bond acceptors (Lipinski definition) is 7. The van der Waals surface area contributed by atoms with Crippen molar-refractivity contribution >= 4 is 38.9 Å². The van der Waals surface area contributed by atoms with Gasteiger partial charge in [0.15, 0.2) is 9.84 Å². The SMILES string of the molecule is CS(=O)(=O)c1ccc(C(N)=C(C(N)=O)C2=NCCN(C(=O)Nc3ccc(C#N)cc3)C2)cc1. The summed E-state index contributed by atoms with van der Waals surface area (Å²) in [5.74, 6) is -0.812. The maximum Gasteiger partial charge on any atom is 0.322 e. The normalized spacial score (nSPS) is 14.5. The van der Waals surface area contributed by atoms with Crippen LogP contribution in [0, 0.1) is 11.3 Å². The van der Waals surface area contributed by atoms with Crippen LogP contribution in [0.2, 0.25) is 0 Å². The summed E-state index contributed by atoms with van der Waals surface area (Å²) in [6.07, 6.45) is 1.09. The first-order valence-corrected chi connectivity index (χ1v) is 11.7. The number of rotatable bonds is 5. The molecule has 0 bridgehead atoms. The summed E-state index contributed by atoms with van der Waals surface area (Å²) < 4.78 is 23.3. The number of carbonyl (C=O) groups excluding carboxylic acids is 2. The molecule has 0 saturated carbocycles. The second-order valence-corrected chi connectivity index (χ2v) is 9.33. The highest BCUT2D eigenvalue weighted by atomic mass is 32.2. The summed E-state index contributed by atoms with van der Waals surface area (Å²) in [5.41, 5.74) is 13.4. The Morgan fingerprint density at radius 3 is 2.27 bits per heavy atom. The van der Waals surface area contributed by atoms with Crippen molar-refractivity contribution < 1.29 is 18.0 Å². The summed E-state index contributed by atoms with van der Waals surface area (Å²) in [6, 6.07) is 13.7. The lowest BCUT2D eigenvalue weighted by molar-refractivity contribution is -0.114. The summed E-state index contributed by atoms with van der Waals surface area (Å²) in [6.45, 7) is 0.566. The number of anilines is 1. The third-order valence-corrected chi connectivity index (χ3v) is 6.09. The zero-order valence-electron chi connectivity index (χ0n) is 17.8. The van der Waals surface area contributed by atoms with Crippen LogP contribution in [0.3, 0.4) is 0 Å². The van der Waals surface area contributed by atoms with Crippen molar-refractivity contribution in [1.29, 1.82) is 5.26 Å². The molecule has 0 unspecified atom stereocenters. The van der Waals surface area contributed by atoms with Crippen molar-refractivity contribution in [3.05, 3.63) is 65.2 Å². The van der Waals surface area contributed by atoms with Crippen molar-refractivity contribution in [2.45, 2.75) is 4.90 Å². The molecule has 0 radical (unpaired) electrons. The van der Waals surface area contributed by atoms with E-state index in [0.29, 0.717) is 23.4 Å². The van der Waals surface area contributed by atoms with Gasteiger partial charge in [-0.25, -0.2) is 13.2 Å². The van der Waals surface area contributed by atoms with E-state index < -0.39 is 21.8 Å². The summed E-state index contributed by atoms with van der Waals surface area (Å²) in [7, 11) is -3.39. The zero-order chi connectivity index (χ0) is 24.2. The number of aliphatic imine (C=N–C) groups is 1. The molecule has 10 nitrogen and oxygen atoms in total. The molecule has 1 aliphatic heterocycles. The Morgan fingerprint density at radius 1 is 1.09 bits per heavy atom. The number of urea groups is 1. The largest absolute Gasteiger partial charge is 0.398 e. The number of benzene rings is 2. The lowest BCUT2D eigenvalue weighted by Crippen LogP contribution is -2.45. The molecule has 2 aromatic rings. The molecule has 3 amide bonds. The number of sulfone groups is 1. The second-order valence-electron chi connectivity index (χ2n) is 7.32. The van der Waals surface area contributed by atoms with E-state index in [2.05, 4.69) is 10.3 Å². The van der Waals surface area contributed by atoms with E-state index in [4.69, 9.17) is 16.7 Å². The molecular weight excluding hydrogens is 444 g/mol. The topological polar surface area (TPSA) is 172 Å². The lowest BCUT2D eigenvalue weighted by atomic mass is 10.0. The molecule has 0 aliphatic carbocycles. The van der Waals surface area contributed by atoms with Crippen LogP contribution in [-0.2, 0) is 14.6 Å². The first kappa shape index (κ1) is 23.5.